The Labute approximate surface area is 151 Å². The van der Waals surface area contributed by atoms with Crippen LogP contribution in [0.4, 0.5) is 0 Å². The van der Waals surface area contributed by atoms with Crippen molar-refractivity contribution in [2.75, 3.05) is 6.54 Å². The van der Waals surface area contributed by atoms with Crippen molar-refractivity contribution >= 4 is 5.91 Å². The minimum Gasteiger partial charge on any atom is -0.472 e. The predicted molar refractivity (Wildman–Crippen MR) is 95.2 cm³/mol. The van der Waals surface area contributed by atoms with Gasteiger partial charge in [-0.1, -0.05) is 6.07 Å². The molecule has 1 N–H and O–H groups in total. The maximum Gasteiger partial charge on any atom is 0.271 e. The third kappa shape index (κ3) is 3.39. The normalized spacial score (nSPS) is 17.0. The Balaban J connectivity index is 1.43. The van der Waals surface area contributed by atoms with Crippen molar-refractivity contribution in [3.63, 3.8) is 0 Å². The highest BCUT2D eigenvalue weighted by molar-refractivity contribution is 5.92. The molecule has 0 saturated heterocycles. The van der Waals surface area contributed by atoms with Crippen molar-refractivity contribution in [1.29, 1.82) is 0 Å². The number of fused-ring (bicyclic) bond motifs is 1. The molecule has 0 aliphatic carbocycles. The smallest absolute Gasteiger partial charge is 0.271 e. The summed E-state index contributed by atoms with van der Waals surface area (Å²) in [5.41, 5.74) is 2.57. The van der Waals surface area contributed by atoms with Gasteiger partial charge in [-0.2, -0.15) is 0 Å². The van der Waals surface area contributed by atoms with Gasteiger partial charge in [0.1, 0.15) is 11.5 Å². The Bertz CT molecular complexity index is 873. The Morgan fingerprint density at radius 3 is 3.04 bits per heavy atom. The van der Waals surface area contributed by atoms with E-state index in [2.05, 4.69) is 31.7 Å². The number of carbonyl (C=O) groups excluding carboxylic acids is 1. The average molecular weight is 351 g/mol. The van der Waals surface area contributed by atoms with Crippen LogP contribution in [0, 0.1) is 0 Å². The van der Waals surface area contributed by atoms with Crippen molar-refractivity contribution in [1.82, 2.24) is 24.8 Å². The second kappa shape index (κ2) is 7.13. The quantitative estimate of drug-likeness (QED) is 0.764. The van der Waals surface area contributed by atoms with Gasteiger partial charge in [0.25, 0.3) is 5.91 Å². The van der Waals surface area contributed by atoms with Crippen LogP contribution in [0.25, 0.3) is 0 Å². The van der Waals surface area contributed by atoms with Crippen LogP contribution in [-0.2, 0) is 19.6 Å². The molecule has 0 bridgehead atoms. The van der Waals surface area contributed by atoms with E-state index in [1.165, 1.54) is 0 Å². The third-order valence-corrected chi connectivity index (χ3v) is 4.73. The SMILES string of the molecule is CC1c2nc(C(=O)NCc3cccnc3)cn2CCN1Cc1ccoc1. The highest BCUT2D eigenvalue weighted by Crippen LogP contribution is 2.26. The molecule has 1 atom stereocenters. The first-order chi connectivity index (χ1) is 12.7. The number of nitrogens with one attached hydrogen (secondary N) is 1. The molecule has 3 aromatic heterocycles. The standard InChI is InChI=1S/C19H21N5O2/c1-14-18-22-17(19(25)21-10-15-3-2-5-20-9-15)12-24(18)7-6-23(14)11-16-4-8-26-13-16/h2-5,8-9,12-14H,6-7,10-11H2,1H3,(H,21,25). The number of amides is 1. The minimum absolute atomic E-state index is 0.138. The van der Waals surface area contributed by atoms with Gasteiger partial charge in [-0.05, 0) is 24.6 Å². The maximum absolute atomic E-state index is 12.4. The number of aromatic nitrogens is 3. The summed E-state index contributed by atoms with van der Waals surface area (Å²) in [7, 11) is 0. The summed E-state index contributed by atoms with van der Waals surface area (Å²) in [6.45, 7) is 5.10. The molecular formula is C19H21N5O2. The summed E-state index contributed by atoms with van der Waals surface area (Å²) >= 11 is 0. The zero-order valence-electron chi connectivity index (χ0n) is 14.6. The molecule has 134 valence electrons. The molecule has 4 heterocycles. The summed E-state index contributed by atoms with van der Waals surface area (Å²) in [5, 5.41) is 2.91. The molecule has 1 aliphatic heterocycles. The Hall–Kier alpha value is -2.93. The van der Waals surface area contributed by atoms with E-state index in [1.807, 2.05) is 24.4 Å². The van der Waals surface area contributed by atoms with Crippen LogP contribution in [-0.4, -0.2) is 31.9 Å². The third-order valence-electron chi connectivity index (χ3n) is 4.73. The van der Waals surface area contributed by atoms with Gasteiger partial charge in [0.15, 0.2) is 0 Å². The zero-order valence-corrected chi connectivity index (χ0v) is 14.6. The van der Waals surface area contributed by atoms with Gasteiger partial charge < -0.3 is 14.3 Å². The number of imidazole rings is 1. The maximum atomic E-state index is 12.4. The number of hydrogen-bond donors (Lipinski definition) is 1. The molecule has 0 aromatic carbocycles. The van der Waals surface area contributed by atoms with Crippen LogP contribution >= 0.6 is 0 Å². The largest absolute Gasteiger partial charge is 0.472 e. The average Bonchev–Trinajstić information content (AvgIpc) is 3.33. The molecule has 1 unspecified atom stereocenters. The first-order valence-corrected chi connectivity index (χ1v) is 8.70. The van der Waals surface area contributed by atoms with Crippen molar-refractivity contribution < 1.29 is 9.21 Å². The lowest BCUT2D eigenvalue weighted by atomic mass is 10.2. The first-order valence-electron chi connectivity index (χ1n) is 8.70. The van der Waals surface area contributed by atoms with Crippen LogP contribution in [0.1, 0.15) is 40.4 Å². The monoisotopic (exact) mass is 351 g/mol. The fraction of sp³-hybridized carbons (Fsp3) is 0.316. The second-order valence-corrected chi connectivity index (χ2v) is 6.50. The van der Waals surface area contributed by atoms with Crippen LogP contribution in [0.3, 0.4) is 0 Å². The van der Waals surface area contributed by atoms with Crippen molar-refractivity contribution in [3.05, 3.63) is 72.0 Å². The summed E-state index contributed by atoms with van der Waals surface area (Å²) < 4.78 is 7.23. The molecule has 0 saturated carbocycles. The molecule has 3 aromatic rings. The number of carbonyl (C=O) groups is 1. The molecule has 7 heteroatoms. The summed E-state index contributed by atoms with van der Waals surface area (Å²) in [6.07, 6.45) is 8.76. The van der Waals surface area contributed by atoms with Crippen molar-refractivity contribution in [3.8, 4) is 0 Å². The van der Waals surface area contributed by atoms with E-state index in [1.54, 1.807) is 24.9 Å². The lowest BCUT2D eigenvalue weighted by Gasteiger charge is -2.33. The molecule has 1 amide bonds. The second-order valence-electron chi connectivity index (χ2n) is 6.50. The number of hydrogen-bond acceptors (Lipinski definition) is 5. The Kier molecular flexibility index (Phi) is 4.53. The van der Waals surface area contributed by atoms with Gasteiger partial charge in [0, 0.05) is 50.3 Å². The van der Waals surface area contributed by atoms with E-state index < -0.39 is 0 Å². The highest BCUT2D eigenvalue weighted by Gasteiger charge is 2.27. The summed E-state index contributed by atoms with van der Waals surface area (Å²) in [4.78, 5) is 23.4. The van der Waals surface area contributed by atoms with Crippen molar-refractivity contribution in [2.45, 2.75) is 32.6 Å². The van der Waals surface area contributed by atoms with Gasteiger partial charge in [-0.3, -0.25) is 14.7 Å². The lowest BCUT2D eigenvalue weighted by molar-refractivity contribution is 0.0946. The minimum atomic E-state index is -0.163. The molecule has 26 heavy (non-hydrogen) atoms. The molecule has 0 fully saturated rings. The summed E-state index contributed by atoms with van der Waals surface area (Å²) in [5.74, 6) is 0.760. The molecule has 0 spiro atoms. The van der Waals surface area contributed by atoms with Gasteiger partial charge in [0.05, 0.1) is 18.6 Å². The molecular weight excluding hydrogens is 330 g/mol. The zero-order chi connectivity index (χ0) is 17.9. The van der Waals surface area contributed by atoms with Gasteiger partial charge >= 0.3 is 0 Å². The Morgan fingerprint density at radius 2 is 2.27 bits per heavy atom. The highest BCUT2D eigenvalue weighted by atomic mass is 16.3. The topological polar surface area (TPSA) is 76.2 Å². The van der Waals surface area contributed by atoms with Gasteiger partial charge in [0.2, 0.25) is 0 Å². The van der Waals surface area contributed by atoms with Crippen LogP contribution < -0.4 is 5.32 Å². The van der Waals surface area contributed by atoms with E-state index in [-0.39, 0.29) is 11.9 Å². The van der Waals surface area contributed by atoms with Crippen LogP contribution in [0.2, 0.25) is 0 Å². The van der Waals surface area contributed by atoms with Gasteiger partial charge in [-0.25, -0.2) is 4.98 Å². The molecule has 1 aliphatic rings. The first kappa shape index (κ1) is 16.5. The van der Waals surface area contributed by atoms with Crippen LogP contribution in [0.15, 0.2) is 53.7 Å². The fourth-order valence-corrected chi connectivity index (χ4v) is 3.25. The predicted octanol–water partition coefficient (Wildman–Crippen LogP) is 2.38. The number of nitrogens with zero attached hydrogens (tertiary/aromatic N) is 4. The Morgan fingerprint density at radius 1 is 1.35 bits per heavy atom. The van der Waals surface area contributed by atoms with E-state index >= 15 is 0 Å². The number of furan rings is 1. The van der Waals surface area contributed by atoms with Crippen molar-refractivity contribution in [2.24, 2.45) is 0 Å². The molecule has 0 radical (unpaired) electrons. The van der Waals surface area contributed by atoms with Crippen LogP contribution in [0.5, 0.6) is 0 Å². The molecule has 7 nitrogen and oxygen atoms in total. The van der Waals surface area contributed by atoms with E-state index in [0.717, 1.165) is 36.6 Å². The van der Waals surface area contributed by atoms with Gasteiger partial charge in [-0.15, -0.1) is 0 Å². The number of pyridine rings is 1. The van der Waals surface area contributed by atoms with E-state index in [4.69, 9.17) is 4.42 Å². The fourth-order valence-electron chi connectivity index (χ4n) is 3.25. The van der Waals surface area contributed by atoms with E-state index in [9.17, 15) is 4.79 Å². The lowest BCUT2D eigenvalue weighted by Crippen LogP contribution is -2.36. The summed E-state index contributed by atoms with van der Waals surface area (Å²) in [6, 6.07) is 5.90. The molecule has 4 rings (SSSR count). The van der Waals surface area contributed by atoms with E-state index in [0.29, 0.717) is 12.2 Å². The number of rotatable bonds is 5.